The Balaban J connectivity index is 1.81. The number of hydrogen-bond donors (Lipinski definition) is 2. The number of thiophene rings is 1. The maximum Gasteiger partial charge on any atom is 0.417 e. The topological polar surface area (TPSA) is 138 Å². The smallest absolute Gasteiger partial charge is 0.417 e. The molecule has 0 aromatic carbocycles. The van der Waals surface area contributed by atoms with Gasteiger partial charge in [0.15, 0.2) is 5.13 Å². The zero-order valence-corrected chi connectivity index (χ0v) is 19.4. The average Bonchev–Trinajstić information content (AvgIpc) is 3.47. The summed E-state index contributed by atoms with van der Waals surface area (Å²) in [5, 5.41) is 27.1. The minimum absolute atomic E-state index is 0.0347. The number of carboxylic acid groups (broad SMARTS) is 1. The Labute approximate surface area is 201 Å². The van der Waals surface area contributed by atoms with Crippen molar-refractivity contribution >= 4 is 57.2 Å². The Hall–Kier alpha value is -3.48. The molecule has 0 aliphatic carbocycles. The summed E-state index contributed by atoms with van der Waals surface area (Å²) in [4.78, 5) is 36.6. The molecule has 3 heterocycles. The van der Waals surface area contributed by atoms with Gasteiger partial charge in [-0.15, -0.1) is 22.7 Å². The highest BCUT2D eigenvalue weighted by molar-refractivity contribution is 8.00. The van der Waals surface area contributed by atoms with Gasteiger partial charge in [0.05, 0.1) is 27.5 Å². The third-order valence-corrected chi connectivity index (χ3v) is 6.52. The van der Waals surface area contributed by atoms with E-state index in [0.717, 1.165) is 24.5 Å². The van der Waals surface area contributed by atoms with Crippen molar-refractivity contribution in [2.24, 2.45) is 5.16 Å². The number of halogens is 3. The number of anilines is 1. The van der Waals surface area contributed by atoms with Crippen molar-refractivity contribution in [1.29, 1.82) is 5.26 Å². The van der Waals surface area contributed by atoms with Crippen LogP contribution >= 0.6 is 34.4 Å². The quantitative estimate of drug-likeness (QED) is 0.251. The second-order valence-electron chi connectivity index (χ2n) is 6.12. The fourth-order valence-corrected chi connectivity index (χ4v) is 4.72. The van der Waals surface area contributed by atoms with Crippen LogP contribution in [0.1, 0.15) is 16.8 Å². The molecule has 0 aliphatic rings. The van der Waals surface area contributed by atoms with Gasteiger partial charge in [-0.2, -0.15) is 18.4 Å². The van der Waals surface area contributed by atoms with Gasteiger partial charge < -0.3 is 15.3 Å². The van der Waals surface area contributed by atoms with Gasteiger partial charge in [-0.1, -0.05) is 23.0 Å². The Morgan fingerprint density at radius 2 is 2.12 bits per heavy atom. The number of thiazole rings is 1. The number of aromatic nitrogens is 2. The van der Waals surface area contributed by atoms with Crippen molar-refractivity contribution in [3.63, 3.8) is 0 Å². The molecule has 3 aromatic heterocycles. The van der Waals surface area contributed by atoms with Crippen molar-refractivity contribution in [1.82, 2.24) is 9.97 Å². The number of thioether (sulfide) groups is 1. The van der Waals surface area contributed by atoms with Crippen molar-refractivity contribution < 1.29 is 32.7 Å². The Morgan fingerprint density at radius 1 is 1.35 bits per heavy atom. The van der Waals surface area contributed by atoms with Crippen LogP contribution in [0.3, 0.4) is 0 Å². The highest BCUT2D eigenvalue weighted by Crippen LogP contribution is 2.38. The first-order chi connectivity index (χ1) is 16.1. The Morgan fingerprint density at radius 3 is 2.71 bits per heavy atom. The lowest BCUT2D eigenvalue weighted by atomic mass is 10.1. The number of hydrogen-bond acceptors (Lipinski definition) is 10. The zero-order chi connectivity index (χ0) is 24.9. The van der Waals surface area contributed by atoms with Crippen molar-refractivity contribution in [3.05, 3.63) is 45.8 Å². The van der Waals surface area contributed by atoms with Crippen LogP contribution in [0, 0.1) is 11.3 Å². The maximum absolute atomic E-state index is 13.6. The summed E-state index contributed by atoms with van der Waals surface area (Å²) >= 11 is 2.77. The molecule has 15 heteroatoms. The molecule has 0 unspecified atom stereocenters. The van der Waals surface area contributed by atoms with Gasteiger partial charge in [0.25, 0.3) is 0 Å². The predicted molar refractivity (Wildman–Crippen MR) is 120 cm³/mol. The standard InChI is InChI=1S/C19H12F3N5O4S3/c1-31-27-15(17(29)30)12-7-34-18(25-12)26-14(28)8-33-16-9(6-23)10(19(20,21)22)5-11(24-16)13-3-2-4-32-13/h2-5,7H,8H2,1H3,(H,29,30)(H,25,26,28). The van der Waals surface area contributed by atoms with E-state index in [9.17, 15) is 28.0 Å². The first-order valence-electron chi connectivity index (χ1n) is 8.93. The molecule has 0 bridgehead atoms. The van der Waals surface area contributed by atoms with Gasteiger partial charge in [0.2, 0.25) is 11.6 Å². The van der Waals surface area contributed by atoms with E-state index in [1.807, 2.05) is 0 Å². The van der Waals surface area contributed by atoms with Gasteiger partial charge in [0.1, 0.15) is 23.9 Å². The Kier molecular flexibility index (Phi) is 7.87. The average molecular weight is 528 g/mol. The van der Waals surface area contributed by atoms with Gasteiger partial charge in [0, 0.05) is 5.38 Å². The molecule has 34 heavy (non-hydrogen) atoms. The fourth-order valence-electron chi connectivity index (χ4n) is 2.52. The monoisotopic (exact) mass is 527 g/mol. The van der Waals surface area contributed by atoms with Crippen LogP contribution in [0.15, 0.2) is 39.1 Å². The van der Waals surface area contributed by atoms with Crippen LogP contribution in [0.2, 0.25) is 0 Å². The number of carbonyl (C=O) groups is 2. The first kappa shape index (κ1) is 25.1. The summed E-state index contributed by atoms with van der Waals surface area (Å²) in [6.45, 7) is 0. The number of oxime groups is 1. The number of amides is 1. The molecule has 3 rings (SSSR count). The van der Waals surface area contributed by atoms with Crippen molar-refractivity contribution in [2.45, 2.75) is 11.2 Å². The molecular formula is C19H12F3N5O4S3. The van der Waals surface area contributed by atoms with E-state index in [-0.39, 0.29) is 27.3 Å². The second-order valence-corrected chi connectivity index (χ2v) is 8.89. The summed E-state index contributed by atoms with van der Waals surface area (Å²) < 4.78 is 40.7. The van der Waals surface area contributed by atoms with E-state index in [4.69, 9.17) is 5.11 Å². The number of aliphatic carboxylic acids is 1. The molecule has 0 radical (unpaired) electrons. The van der Waals surface area contributed by atoms with E-state index in [1.165, 1.54) is 22.8 Å². The lowest BCUT2D eigenvalue weighted by Gasteiger charge is -2.13. The van der Waals surface area contributed by atoms with Crippen LogP contribution in [-0.4, -0.2) is 45.5 Å². The molecule has 0 aliphatic heterocycles. The molecule has 0 atom stereocenters. The SMILES string of the molecule is CON=C(C(=O)O)c1csc(NC(=O)CSc2nc(-c3cccs3)cc(C(F)(F)F)c2C#N)n1. The highest BCUT2D eigenvalue weighted by Gasteiger charge is 2.36. The minimum Gasteiger partial charge on any atom is -0.476 e. The molecule has 9 nitrogen and oxygen atoms in total. The molecule has 0 saturated heterocycles. The van der Waals surface area contributed by atoms with E-state index in [1.54, 1.807) is 17.5 Å². The number of pyridine rings is 1. The molecule has 0 fully saturated rings. The summed E-state index contributed by atoms with van der Waals surface area (Å²) in [6.07, 6.45) is -4.79. The number of nitrogens with zero attached hydrogens (tertiary/aromatic N) is 4. The molecular weight excluding hydrogens is 515 g/mol. The molecule has 2 N–H and O–H groups in total. The summed E-state index contributed by atoms with van der Waals surface area (Å²) in [5.41, 5.74) is -2.30. The summed E-state index contributed by atoms with van der Waals surface area (Å²) in [7, 11) is 1.16. The van der Waals surface area contributed by atoms with Crippen LogP contribution in [-0.2, 0) is 20.6 Å². The van der Waals surface area contributed by atoms with Gasteiger partial charge in [-0.25, -0.2) is 14.8 Å². The Bertz CT molecular complexity index is 1280. The lowest BCUT2D eigenvalue weighted by molar-refractivity contribution is -0.138. The predicted octanol–water partition coefficient (Wildman–Crippen LogP) is 4.32. The van der Waals surface area contributed by atoms with Gasteiger partial charge >= 0.3 is 12.1 Å². The van der Waals surface area contributed by atoms with E-state index < -0.39 is 34.9 Å². The maximum atomic E-state index is 13.6. The van der Waals surface area contributed by atoms with Gasteiger partial charge in [-0.05, 0) is 17.5 Å². The third kappa shape index (κ3) is 5.90. The van der Waals surface area contributed by atoms with E-state index in [2.05, 4.69) is 25.3 Å². The first-order valence-corrected chi connectivity index (χ1v) is 11.7. The number of nitrogens with one attached hydrogen (secondary N) is 1. The molecule has 0 spiro atoms. The molecule has 1 amide bonds. The van der Waals surface area contributed by atoms with Gasteiger partial charge in [-0.3, -0.25) is 4.79 Å². The zero-order valence-electron chi connectivity index (χ0n) is 16.9. The van der Waals surface area contributed by atoms with E-state index in [0.29, 0.717) is 16.6 Å². The fraction of sp³-hybridized carbons (Fsp3) is 0.158. The van der Waals surface area contributed by atoms with Crippen LogP contribution < -0.4 is 5.32 Å². The van der Waals surface area contributed by atoms with Crippen LogP contribution in [0.25, 0.3) is 10.6 Å². The summed E-state index contributed by atoms with van der Waals surface area (Å²) in [6, 6.07) is 5.60. The number of alkyl halides is 3. The lowest BCUT2D eigenvalue weighted by Crippen LogP contribution is -2.17. The second kappa shape index (κ2) is 10.6. The highest BCUT2D eigenvalue weighted by atomic mass is 32.2. The van der Waals surface area contributed by atoms with E-state index >= 15 is 0 Å². The van der Waals surface area contributed by atoms with Crippen LogP contribution in [0.4, 0.5) is 18.3 Å². The van der Waals surface area contributed by atoms with Crippen LogP contribution in [0.5, 0.6) is 0 Å². The number of carbonyl (C=O) groups excluding carboxylic acids is 1. The largest absolute Gasteiger partial charge is 0.476 e. The molecule has 0 saturated carbocycles. The number of carboxylic acids is 1. The number of nitriles is 1. The normalized spacial score (nSPS) is 11.7. The third-order valence-electron chi connectivity index (χ3n) is 3.90. The minimum atomic E-state index is -4.79. The number of rotatable bonds is 8. The molecule has 176 valence electrons. The van der Waals surface area contributed by atoms with Crippen molar-refractivity contribution in [3.8, 4) is 16.6 Å². The van der Waals surface area contributed by atoms with Crippen molar-refractivity contribution in [2.75, 3.05) is 18.2 Å². The summed E-state index contributed by atoms with van der Waals surface area (Å²) in [5.74, 6) is -2.41. The molecule has 3 aromatic rings.